The molecule has 22 heavy (non-hydrogen) atoms. The minimum atomic E-state index is 0.379. The van der Waals surface area contributed by atoms with Crippen LogP contribution in [0.15, 0.2) is 24.3 Å². The summed E-state index contributed by atoms with van der Waals surface area (Å²) >= 11 is 0. The van der Waals surface area contributed by atoms with Gasteiger partial charge in [-0.25, -0.2) is 0 Å². The molecule has 0 heterocycles. The van der Waals surface area contributed by atoms with Crippen LogP contribution in [0, 0.1) is 0 Å². The van der Waals surface area contributed by atoms with Crippen molar-refractivity contribution in [1.29, 1.82) is 0 Å². The largest absolute Gasteiger partial charge is 0.382 e. The second-order valence-electron chi connectivity index (χ2n) is 6.93. The number of amides is 1. The second kappa shape index (κ2) is 7.66. The monoisotopic (exact) mass is 300 g/mol. The molecular weight excluding hydrogens is 272 g/mol. The van der Waals surface area contributed by atoms with Crippen LogP contribution in [0.1, 0.15) is 69.3 Å². The SMILES string of the molecule is O=CNC1CCC(Nc2ccc(C3CCCCC3)cc2)CC1. The number of rotatable bonds is 5. The van der Waals surface area contributed by atoms with E-state index in [-0.39, 0.29) is 0 Å². The average Bonchev–Trinajstić information content (AvgIpc) is 2.58. The van der Waals surface area contributed by atoms with Gasteiger partial charge >= 0.3 is 0 Å². The van der Waals surface area contributed by atoms with E-state index in [2.05, 4.69) is 34.9 Å². The Morgan fingerprint density at radius 3 is 2.09 bits per heavy atom. The zero-order valence-corrected chi connectivity index (χ0v) is 13.4. The highest BCUT2D eigenvalue weighted by atomic mass is 16.1. The van der Waals surface area contributed by atoms with Crippen molar-refractivity contribution in [2.45, 2.75) is 75.8 Å². The molecule has 1 amide bonds. The summed E-state index contributed by atoms with van der Waals surface area (Å²) in [7, 11) is 0. The number of anilines is 1. The van der Waals surface area contributed by atoms with Gasteiger partial charge in [-0.15, -0.1) is 0 Å². The molecule has 3 heteroatoms. The summed E-state index contributed by atoms with van der Waals surface area (Å²) in [5.74, 6) is 0.785. The zero-order chi connectivity index (χ0) is 15.2. The highest BCUT2D eigenvalue weighted by Crippen LogP contribution is 2.33. The van der Waals surface area contributed by atoms with E-state index < -0.39 is 0 Å². The maximum atomic E-state index is 10.5. The fourth-order valence-corrected chi connectivity index (χ4v) is 4.02. The Labute approximate surface area is 133 Å². The van der Waals surface area contributed by atoms with Gasteiger partial charge in [0.1, 0.15) is 0 Å². The van der Waals surface area contributed by atoms with E-state index in [0.29, 0.717) is 12.1 Å². The maximum absolute atomic E-state index is 10.5. The van der Waals surface area contributed by atoms with Gasteiger partial charge in [0, 0.05) is 17.8 Å². The molecule has 0 aromatic heterocycles. The van der Waals surface area contributed by atoms with Gasteiger partial charge in [0.15, 0.2) is 0 Å². The quantitative estimate of drug-likeness (QED) is 0.800. The van der Waals surface area contributed by atoms with Crippen molar-refractivity contribution in [2.24, 2.45) is 0 Å². The molecular formula is C19H28N2O. The lowest BCUT2D eigenvalue weighted by molar-refractivity contribution is -0.110. The zero-order valence-electron chi connectivity index (χ0n) is 13.4. The predicted molar refractivity (Wildman–Crippen MR) is 91.1 cm³/mol. The molecule has 2 aliphatic carbocycles. The van der Waals surface area contributed by atoms with Gasteiger partial charge in [0.05, 0.1) is 0 Å². The summed E-state index contributed by atoms with van der Waals surface area (Å²) in [5, 5.41) is 6.56. The molecule has 0 aliphatic heterocycles. The van der Waals surface area contributed by atoms with Gasteiger partial charge in [-0.2, -0.15) is 0 Å². The first kappa shape index (κ1) is 15.4. The molecule has 3 rings (SSSR count). The molecule has 2 fully saturated rings. The van der Waals surface area contributed by atoms with Crippen molar-refractivity contribution in [3.05, 3.63) is 29.8 Å². The highest BCUT2D eigenvalue weighted by Gasteiger charge is 2.20. The molecule has 2 N–H and O–H groups in total. The molecule has 3 nitrogen and oxygen atoms in total. The van der Waals surface area contributed by atoms with E-state index >= 15 is 0 Å². The third-order valence-electron chi connectivity index (χ3n) is 5.39. The lowest BCUT2D eigenvalue weighted by Gasteiger charge is -2.29. The Morgan fingerprint density at radius 1 is 0.818 bits per heavy atom. The van der Waals surface area contributed by atoms with Crippen molar-refractivity contribution < 1.29 is 4.79 Å². The van der Waals surface area contributed by atoms with Crippen molar-refractivity contribution in [3.63, 3.8) is 0 Å². The van der Waals surface area contributed by atoms with Crippen molar-refractivity contribution in [1.82, 2.24) is 5.32 Å². The molecule has 1 aromatic carbocycles. The number of carbonyl (C=O) groups is 1. The van der Waals surface area contributed by atoms with Gasteiger partial charge in [-0.05, 0) is 62.1 Å². The van der Waals surface area contributed by atoms with Gasteiger partial charge in [0.2, 0.25) is 6.41 Å². The van der Waals surface area contributed by atoms with E-state index in [1.165, 1.54) is 43.4 Å². The average molecular weight is 300 g/mol. The van der Waals surface area contributed by atoms with Gasteiger partial charge in [-0.1, -0.05) is 31.4 Å². The molecule has 0 unspecified atom stereocenters. The molecule has 0 saturated heterocycles. The predicted octanol–water partition coefficient (Wildman–Crippen LogP) is 4.20. The summed E-state index contributed by atoms with van der Waals surface area (Å²) in [6.45, 7) is 0. The van der Waals surface area contributed by atoms with Crippen LogP contribution in [0.4, 0.5) is 5.69 Å². The number of hydrogen-bond donors (Lipinski definition) is 2. The Bertz CT molecular complexity index is 457. The van der Waals surface area contributed by atoms with E-state index in [4.69, 9.17) is 0 Å². The Kier molecular flexibility index (Phi) is 5.36. The molecule has 0 spiro atoms. The summed E-state index contributed by atoms with van der Waals surface area (Å²) in [6.07, 6.45) is 12.2. The third-order valence-corrected chi connectivity index (χ3v) is 5.39. The number of nitrogens with one attached hydrogen (secondary N) is 2. The molecule has 0 bridgehead atoms. The molecule has 1 aromatic rings. The van der Waals surface area contributed by atoms with Crippen LogP contribution >= 0.6 is 0 Å². The van der Waals surface area contributed by atoms with Gasteiger partial charge < -0.3 is 10.6 Å². The Balaban J connectivity index is 1.50. The van der Waals surface area contributed by atoms with Crippen molar-refractivity contribution in [2.75, 3.05) is 5.32 Å². The van der Waals surface area contributed by atoms with Crippen LogP contribution in [-0.4, -0.2) is 18.5 Å². The number of benzene rings is 1. The fraction of sp³-hybridized carbons (Fsp3) is 0.632. The second-order valence-corrected chi connectivity index (χ2v) is 6.93. The van der Waals surface area contributed by atoms with E-state index in [9.17, 15) is 4.79 Å². The van der Waals surface area contributed by atoms with Crippen LogP contribution in [0.3, 0.4) is 0 Å². The van der Waals surface area contributed by atoms with E-state index in [1.807, 2.05) is 0 Å². The summed E-state index contributed by atoms with van der Waals surface area (Å²) in [6, 6.07) is 10.1. The van der Waals surface area contributed by atoms with Crippen LogP contribution in [0.2, 0.25) is 0 Å². The van der Waals surface area contributed by atoms with Crippen LogP contribution < -0.4 is 10.6 Å². The van der Waals surface area contributed by atoms with Crippen molar-refractivity contribution >= 4 is 12.1 Å². The standard InChI is InChI=1S/C19H28N2O/c22-14-20-17-10-12-19(13-11-17)21-18-8-6-16(7-9-18)15-4-2-1-3-5-15/h6-9,14-15,17,19,21H,1-5,10-13H2,(H,20,22). The molecule has 2 aliphatic rings. The van der Waals surface area contributed by atoms with Crippen molar-refractivity contribution in [3.8, 4) is 0 Å². The fourth-order valence-electron chi connectivity index (χ4n) is 4.02. The number of hydrogen-bond acceptors (Lipinski definition) is 2. The van der Waals surface area contributed by atoms with E-state index in [0.717, 1.165) is 38.0 Å². The smallest absolute Gasteiger partial charge is 0.207 e. The Hall–Kier alpha value is -1.51. The molecule has 0 radical (unpaired) electrons. The first-order chi connectivity index (χ1) is 10.8. The van der Waals surface area contributed by atoms with Gasteiger partial charge in [-0.3, -0.25) is 4.79 Å². The number of carbonyl (C=O) groups excluding carboxylic acids is 1. The molecule has 2 saturated carbocycles. The van der Waals surface area contributed by atoms with Crippen LogP contribution in [0.5, 0.6) is 0 Å². The Morgan fingerprint density at radius 2 is 1.45 bits per heavy atom. The lowest BCUT2D eigenvalue weighted by Crippen LogP contribution is -2.36. The molecule has 120 valence electrons. The topological polar surface area (TPSA) is 41.1 Å². The summed E-state index contributed by atoms with van der Waals surface area (Å²) in [5.41, 5.74) is 2.76. The maximum Gasteiger partial charge on any atom is 0.207 e. The third kappa shape index (κ3) is 4.02. The van der Waals surface area contributed by atoms with Crippen LogP contribution in [0.25, 0.3) is 0 Å². The first-order valence-electron chi connectivity index (χ1n) is 8.91. The first-order valence-corrected chi connectivity index (χ1v) is 8.91. The normalized spacial score (nSPS) is 26.4. The van der Waals surface area contributed by atoms with Gasteiger partial charge in [0.25, 0.3) is 0 Å². The summed E-state index contributed by atoms with van der Waals surface area (Å²) in [4.78, 5) is 10.5. The minimum absolute atomic E-state index is 0.379. The van der Waals surface area contributed by atoms with Crippen LogP contribution in [-0.2, 0) is 4.79 Å². The highest BCUT2D eigenvalue weighted by molar-refractivity contribution is 5.47. The molecule has 0 atom stereocenters. The lowest BCUT2D eigenvalue weighted by atomic mass is 9.84. The summed E-state index contributed by atoms with van der Waals surface area (Å²) < 4.78 is 0. The van der Waals surface area contributed by atoms with E-state index in [1.54, 1.807) is 0 Å². The minimum Gasteiger partial charge on any atom is -0.382 e.